The third kappa shape index (κ3) is 2.56. The number of nitrogens with one attached hydrogen (secondary N) is 1. The fourth-order valence-corrected chi connectivity index (χ4v) is 2.70. The van der Waals surface area contributed by atoms with E-state index in [-0.39, 0.29) is 10.9 Å². The van der Waals surface area contributed by atoms with Crippen LogP contribution in [0.25, 0.3) is 0 Å². The van der Waals surface area contributed by atoms with Crippen LogP contribution in [0.1, 0.15) is 23.0 Å². The summed E-state index contributed by atoms with van der Waals surface area (Å²) in [6, 6.07) is 9.65. The van der Waals surface area contributed by atoms with Crippen molar-refractivity contribution in [3.05, 3.63) is 74.9 Å². The number of nitrogens with two attached hydrogens (primary N) is 1. The zero-order chi connectivity index (χ0) is 13.9. The molecule has 3 rings (SSSR count). The van der Waals surface area contributed by atoms with Crippen LogP contribution in [-0.2, 0) is 6.54 Å². The van der Waals surface area contributed by atoms with Gasteiger partial charge in [-0.05, 0) is 5.56 Å². The van der Waals surface area contributed by atoms with Gasteiger partial charge in [0.2, 0.25) is 0 Å². The van der Waals surface area contributed by atoms with Gasteiger partial charge in [-0.1, -0.05) is 41.7 Å². The smallest absolute Gasteiger partial charge is 0.304 e. The van der Waals surface area contributed by atoms with Crippen molar-refractivity contribution >= 4 is 11.3 Å². The second-order valence-electron chi connectivity index (χ2n) is 4.51. The van der Waals surface area contributed by atoms with Crippen LogP contribution in [0.4, 0.5) is 0 Å². The summed E-state index contributed by atoms with van der Waals surface area (Å²) in [7, 11) is 0. The van der Waals surface area contributed by atoms with Gasteiger partial charge in [-0.15, -0.1) is 0 Å². The molecule has 5 nitrogen and oxygen atoms in total. The molecule has 0 aliphatic heterocycles. The average molecular weight is 286 g/mol. The van der Waals surface area contributed by atoms with Crippen LogP contribution in [-0.4, -0.2) is 14.5 Å². The lowest BCUT2D eigenvalue weighted by Gasteiger charge is -2.14. The zero-order valence-corrected chi connectivity index (χ0v) is 11.5. The lowest BCUT2D eigenvalue weighted by molar-refractivity contribution is 0.686. The maximum absolute atomic E-state index is 11.2. The molecule has 0 aliphatic carbocycles. The molecule has 3 N–H and O–H groups in total. The van der Waals surface area contributed by atoms with Gasteiger partial charge in [0.05, 0.1) is 30.8 Å². The number of benzene rings is 1. The second-order valence-corrected chi connectivity index (χ2v) is 5.35. The molecule has 0 fully saturated rings. The third-order valence-corrected chi connectivity index (χ3v) is 3.85. The molecule has 0 amide bonds. The first-order valence-electron chi connectivity index (χ1n) is 6.21. The molecule has 1 aromatic carbocycles. The SMILES string of the molecule is NC(c1ccccc1)c1cncn1Cc1csc(=O)[nH]1. The van der Waals surface area contributed by atoms with Gasteiger partial charge in [0.25, 0.3) is 0 Å². The molecule has 0 saturated heterocycles. The Morgan fingerprint density at radius 3 is 2.85 bits per heavy atom. The van der Waals surface area contributed by atoms with Crippen molar-refractivity contribution in [3.63, 3.8) is 0 Å². The molecule has 6 heteroatoms. The fourth-order valence-electron chi connectivity index (χ4n) is 2.13. The standard InChI is InChI=1S/C14H14N4OS/c15-13(10-4-2-1-3-5-10)12-6-16-9-18(12)7-11-8-20-14(19)17-11/h1-6,8-9,13H,7,15H2,(H,17,19). The van der Waals surface area contributed by atoms with Gasteiger partial charge in [0.15, 0.2) is 0 Å². The van der Waals surface area contributed by atoms with Gasteiger partial charge in [-0.2, -0.15) is 0 Å². The lowest BCUT2D eigenvalue weighted by atomic mass is 10.1. The lowest BCUT2D eigenvalue weighted by Crippen LogP contribution is -2.17. The van der Waals surface area contributed by atoms with E-state index in [2.05, 4.69) is 9.97 Å². The molecule has 3 aromatic rings. The summed E-state index contributed by atoms with van der Waals surface area (Å²) in [6.45, 7) is 0.564. The number of thiazole rings is 1. The number of hydrogen-bond donors (Lipinski definition) is 2. The molecule has 0 saturated carbocycles. The molecule has 102 valence electrons. The molecular weight excluding hydrogens is 272 g/mol. The molecule has 2 heterocycles. The Bertz CT molecular complexity index is 744. The van der Waals surface area contributed by atoms with E-state index in [1.54, 1.807) is 12.5 Å². The van der Waals surface area contributed by atoms with Gasteiger partial charge < -0.3 is 15.3 Å². The molecule has 0 radical (unpaired) electrons. The summed E-state index contributed by atoms with van der Waals surface area (Å²) >= 11 is 1.16. The van der Waals surface area contributed by atoms with Crippen LogP contribution < -0.4 is 10.6 Å². The maximum Gasteiger partial charge on any atom is 0.304 e. The van der Waals surface area contributed by atoms with E-state index < -0.39 is 0 Å². The van der Waals surface area contributed by atoms with Gasteiger partial charge in [0.1, 0.15) is 0 Å². The molecule has 0 bridgehead atoms. The summed E-state index contributed by atoms with van der Waals surface area (Å²) in [4.78, 5) is 18.1. The summed E-state index contributed by atoms with van der Waals surface area (Å²) in [6.07, 6.45) is 3.50. The number of hydrogen-bond acceptors (Lipinski definition) is 4. The zero-order valence-electron chi connectivity index (χ0n) is 10.7. The maximum atomic E-state index is 11.2. The Morgan fingerprint density at radius 2 is 2.15 bits per heavy atom. The van der Waals surface area contributed by atoms with E-state index in [0.29, 0.717) is 6.54 Å². The fraction of sp³-hybridized carbons (Fsp3) is 0.143. The highest BCUT2D eigenvalue weighted by Gasteiger charge is 2.14. The number of rotatable bonds is 4. The first-order chi connectivity index (χ1) is 9.74. The van der Waals surface area contributed by atoms with Gasteiger partial charge >= 0.3 is 4.87 Å². The topological polar surface area (TPSA) is 76.7 Å². The van der Waals surface area contributed by atoms with Crippen molar-refractivity contribution < 1.29 is 0 Å². The predicted octanol–water partition coefficient (Wildman–Crippen LogP) is 1.73. The molecule has 20 heavy (non-hydrogen) atoms. The Labute approximate surface area is 119 Å². The molecule has 1 atom stereocenters. The number of H-pyrrole nitrogens is 1. The minimum Gasteiger partial charge on any atom is -0.327 e. The minimum atomic E-state index is -0.232. The molecular formula is C14H14N4OS. The van der Waals surface area contributed by atoms with Crippen LogP contribution in [0.15, 0.2) is 53.0 Å². The van der Waals surface area contributed by atoms with E-state index in [1.165, 1.54) is 0 Å². The van der Waals surface area contributed by atoms with Crippen LogP contribution in [0.3, 0.4) is 0 Å². The van der Waals surface area contributed by atoms with Gasteiger partial charge in [-0.3, -0.25) is 4.79 Å². The number of aromatic amines is 1. The van der Waals surface area contributed by atoms with E-state index in [9.17, 15) is 4.79 Å². The number of imidazole rings is 1. The number of nitrogens with zero attached hydrogens (tertiary/aromatic N) is 2. The first-order valence-corrected chi connectivity index (χ1v) is 7.09. The summed E-state index contributed by atoms with van der Waals surface area (Å²) in [5.74, 6) is 0. The van der Waals surface area contributed by atoms with Gasteiger partial charge in [-0.25, -0.2) is 4.98 Å². The van der Waals surface area contributed by atoms with Crippen LogP contribution in [0.2, 0.25) is 0 Å². The Hall–Kier alpha value is -2.18. The summed E-state index contributed by atoms with van der Waals surface area (Å²) in [5, 5.41) is 1.82. The van der Waals surface area contributed by atoms with Crippen molar-refractivity contribution in [1.82, 2.24) is 14.5 Å². The highest BCUT2D eigenvalue weighted by atomic mass is 32.1. The van der Waals surface area contributed by atoms with E-state index >= 15 is 0 Å². The van der Waals surface area contributed by atoms with Crippen molar-refractivity contribution in [2.24, 2.45) is 5.73 Å². The Balaban J connectivity index is 1.88. The first kappa shape index (κ1) is 12.8. The Kier molecular flexibility index (Phi) is 3.49. The van der Waals surface area contributed by atoms with E-state index in [0.717, 1.165) is 28.3 Å². The van der Waals surface area contributed by atoms with E-state index in [4.69, 9.17) is 5.73 Å². The summed E-state index contributed by atoms with van der Waals surface area (Å²) in [5.41, 5.74) is 9.11. The molecule has 2 aromatic heterocycles. The van der Waals surface area contributed by atoms with Crippen LogP contribution >= 0.6 is 11.3 Å². The molecule has 1 unspecified atom stereocenters. The average Bonchev–Trinajstić information content (AvgIpc) is 3.09. The summed E-state index contributed by atoms with van der Waals surface area (Å²) < 4.78 is 1.95. The molecule has 0 spiro atoms. The van der Waals surface area contributed by atoms with Crippen molar-refractivity contribution in [2.45, 2.75) is 12.6 Å². The highest BCUT2D eigenvalue weighted by Crippen LogP contribution is 2.19. The van der Waals surface area contributed by atoms with Crippen LogP contribution in [0.5, 0.6) is 0 Å². The van der Waals surface area contributed by atoms with Crippen LogP contribution in [0, 0.1) is 0 Å². The number of aromatic nitrogens is 3. The normalized spacial score (nSPS) is 12.4. The predicted molar refractivity (Wildman–Crippen MR) is 78.7 cm³/mol. The van der Waals surface area contributed by atoms with Gasteiger partial charge in [0, 0.05) is 11.1 Å². The third-order valence-electron chi connectivity index (χ3n) is 3.13. The minimum absolute atomic E-state index is 0.0472. The van der Waals surface area contributed by atoms with Crippen molar-refractivity contribution in [3.8, 4) is 0 Å². The Morgan fingerprint density at radius 1 is 1.35 bits per heavy atom. The monoisotopic (exact) mass is 286 g/mol. The molecule has 0 aliphatic rings. The largest absolute Gasteiger partial charge is 0.327 e. The van der Waals surface area contributed by atoms with E-state index in [1.807, 2.05) is 40.3 Å². The van der Waals surface area contributed by atoms with Crippen molar-refractivity contribution in [2.75, 3.05) is 0 Å². The highest BCUT2D eigenvalue weighted by molar-refractivity contribution is 7.07. The van der Waals surface area contributed by atoms with Crippen molar-refractivity contribution in [1.29, 1.82) is 0 Å². The quantitative estimate of drug-likeness (QED) is 0.767. The second kappa shape index (κ2) is 5.44.